The van der Waals surface area contributed by atoms with Crippen molar-refractivity contribution in [3.8, 4) is 0 Å². The Morgan fingerprint density at radius 3 is 2.53 bits per heavy atom. The third-order valence-electron chi connectivity index (χ3n) is 1.79. The zero-order valence-corrected chi connectivity index (χ0v) is 10.8. The smallest absolute Gasteiger partial charge is 0.353 e. The van der Waals surface area contributed by atoms with Crippen molar-refractivity contribution < 1.29 is 9.53 Å². The first-order valence-corrected chi connectivity index (χ1v) is 5.64. The molecule has 0 N–H and O–H groups in total. The average Bonchev–Trinajstić information content (AvgIpc) is 2.47. The lowest BCUT2D eigenvalue weighted by atomic mass is 10.5. The van der Waals surface area contributed by atoms with Crippen molar-refractivity contribution in [1.29, 1.82) is 0 Å². The number of nitrogens with zero attached hydrogens (tertiary/aromatic N) is 2. The fraction of sp³-hybridized carbons (Fsp3) is 0.500. The Balaban J connectivity index is 2.74. The standard InChI is InChI=1S/C8H10Cl2N2O2S/c1-4(12(2)3)14-8(13)6-5(9)7(10)11-15-6/h4H,1-3H3. The molecule has 1 rings (SSSR count). The number of carbonyl (C=O) groups excluding carboxylic acids is 1. The zero-order valence-electron chi connectivity index (χ0n) is 8.45. The largest absolute Gasteiger partial charge is 0.442 e. The van der Waals surface area contributed by atoms with Crippen molar-refractivity contribution in [1.82, 2.24) is 9.27 Å². The van der Waals surface area contributed by atoms with Crippen LogP contribution < -0.4 is 0 Å². The molecule has 0 aliphatic heterocycles. The molecule has 4 nitrogen and oxygen atoms in total. The molecule has 0 aromatic carbocycles. The van der Waals surface area contributed by atoms with Gasteiger partial charge in [-0.3, -0.25) is 4.90 Å². The van der Waals surface area contributed by atoms with E-state index in [-0.39, 0.29) is 21.3 Å². The molecule has 0 saturated heterocycles. The predicted octanol–water partition coefficient (Wildman–Crippen LogP) is 2.51. The van der Waals surface area contributed by atoms with Gasteiger partial charge in [-0.25, -0.2) is 4.79 Å². The molecule has 0 fully saturated rings. The van der Waals surface area contributed by atoms with E-state index in [0.29, 0.717) is 0 Å². The van der Waals surface area contributed by atoms with E-state index in [9.17, 15) is 4.79 Å². The van der Waals surface area contributed by atoms with Crippen molar-refractivity contribution in [3.63, 3.8) is 0 Å². The maximum atomic E-state index is 11.6. The minimum Gasteiger partial charge on any atom is -0.442 e. The molecule has 0 saturated carbocycles. The number of ether oxygens (including phenoxy) is 1. The summed E-state index contributed by atoms with van der Waals surface area (Å²) in [7, 11) is 3.61. The summed E-state index contributed by atoms with van der Waals surface area (Å²) in [4.78, 5) is 13.6. The zero-order chi connectivity index (χ0) is 11.6. The van der Waals surface area contributed by atoms with E-state index in [4.69, 9.17) is 27.9 Å². The van der Waals surface area contributed by atoms with Crippen LogP contribution in [0, 0.1) is 0 Å². The van der Waals surface area contributed by atoms with Crippen LogP contribution >= 0.6 is 34.7 Å². The van der Waals surface area contributed by atoms with Crippen LogP contribution in [0.3, 0.4) is 0 Å². The summed E-state index contributed by atoms with van der Waals surface area (Å²) in [6, 6.07) is 0. The number of hydrogen-bond acceptors (Lipinski definition) is 5. The summed E-state index contributed by atoms with van der Waals surface area (Å²) in [6.07, 6.45) is -0.325. The molecule has 1 heterocycles. The van der Waals surface area contributed by atoms with Gasteiger partial charge in [0, 0.05) is 0 Å². The number of carbonyl (C=O) groups is 1. The van der Waals surface area contributed by atoms with E-state index >= 15 is 0 Å². The van der Waals surface area contributed by atoms with Gasteiger partial charge in [-0.1, -0.05) is 23.2 Å². The highest BCUT2D eigenvalue weighted by atomic mass is 35.5. The van der Waals surface area contributed by atoms with Gasteiger partial charge in [-0.05, 0) is 32.6 Å². The fourth-order valence-corrected chi connectivity index (χ4v) is 1.79. The normalized spacial score (nSPS) is 12.9. The monoisotopic (exact) mass is 268 g/mol. The van der Waals surface area contributed by atoms with E-state index in [1.165, 1.54) is 0 Å². The molecule has 0 spiro atoms. The van der Waals surface area contributed by atoms with Crippen LogP contribution in [-0.4, -0.2) is 35.6 Å². The molecular formula is C8H10Cl2N2O2S. The van der Waals surface area contributed by atoms with Gasteiger partial charge in [0.05, 0.1) is 0 Å². The summed E-state index contributed by atoms with van der Waals surface area (Å²) < 4.78 is 8.86. The molecule has 0 amide bonds. The second kappa shape index (κ2) is 5.12. The molecule has 1 aromatic rings. The average molecular weight is 269 g/mol. The molecule has 1 aromatic heterocycles. The fourth-order valence-electron chi connectivity index (χ4n) is 0.700. The van der Waals surface area contributed by atoms with Gasteiger partial charge in [0.1, 0.15) is 5.02 Å². The van der Waals surface area contributed by atoms with Crippen LogP contribution in [0.25, 0.3) is 0 Å². The highest BCUT2D eigenvalue weighted by Gasteiger charge is 2.21. The van der Waals surface area contributed by atoms with Gasteiger partial charge >= 0.3 is 5.97 Å². The lowest BCUT2D eigenvalue weighted by Crippen LogP contribution is -2.29. The maximum absolute atomic E-state index is 11.6. The van der Waals surface area contributed by atoms with Crippen molar-refractivity contribution in [2.75, 3.05) is 14.1 Å². The molecular weight excluding hydrogens is 259 g/mol. The summed E-state index contributed by atoms with van der Waals surface area (Å²) in [6.45, 7) is 1.76. The van der Waals surface area contributed by atoms with E-state index < -0.39 is 5.97 Å². The molecule has 0 aliphatic rings. The second-order valence-corrected chi connectivity index (χ2v) is 4.59. The molecule has 1 unspecified atom stereocenters. The van der Waals surface area contributed by atoms with Gasteiger partial charge in [0.2, 0.25) is 0 Å². The SMILES string of the molecule is CC(OC(=O)c1snc(Cl)c1Cl)N(C)C. The number of halogens is 2. The van der Waals surface area contributed by atoms with Crippen LogP contribution in [0.4, 0.5) is 0 Å². The van der Waals surface area contributed by atoms with E-state index in [2.05, 4.69) is 4.37 Å². The highest BCUT2D eigenvalue weighted by molar-refractivity contribution is 7.09. The molecule has 1 atom stereocenters. The first-order chi connectivity index (χ1) is 6.93. The van der Waals surface area contributed by atoms with Gasteiger partial charge in [-0.15, -0.1) is 0 Å². The van der Waals surface area contributed by atoms with E-state index in [0.717, 1.165) is 11.5 Å². The Morgan fingerprint density at radius 1 is 1.53 bits per heavy atom. The Morgan fingerprint density at radius 2 is 2.13 bits per heavy atom. The third kappa shape index (κ3) is 3.04. The topological polar surface area (TPSA) is 42.4 Å². The summed E-state index contributed by atoms with van der Waals surface area (Å²) in [5, 5.41) is 0.281. The summed E-state index contributed by atoms with van der Waals surface area (Å²) in [5.74, 6) is -0.509. The Hall–Kier alpha value is -0.360. The molecule has 7 heteroatoms. The van der Waals surface area contributed by atoms with Crippen molar-refractivity contribution in [2.24, 2.45) is 0 Å². The van der Waals surface area contributed by atoms with E-state index in [1.54, 1.807) is 25.9 Å². The van der Waals surface area contributed by atoms with Gasteiger partial charge in [-0.2, -0.15) is 4.37 Å². The Labute approximate surface area is 102 Å². The highest BCUT2D eigenvalue weighted by Crippen LogP contribution is 2.29. The molecule has 0 aliphatic carbocycles. The van der Waals surface area contributed by atoms with Gasteiger partial charge < -0.3 is 4.74 Å². The lowest BCUT2D eigenvalue weighted by molar-refractivity contribution is -0.00495. The Kier molecular flexibility index (Phi) is 4.33. The minimum absolute atomic E-state index is 0.131. The summed E-state index contributed by atoms with van der Waals surface area (Å²) >= 11 is 12.3. The summed E-state index contributed by atoms with van der Waals surface area (Å²) in [5.41, 5.74) is 0. The van der Waals surface area contributed by atoms with E-state index in [1.807, 2.05) is 0 Å². The van der Waals surface area contributed by atoms with Crippen LogP contribution in [0.1, 0.15) is 16.6 Å². The van der Waals surface area contributed by atoms with Crippen molar-refractivity contribution >= 4 is 40.7 Å². The number of aromatic nitrogens is 1. The number of hydrogen-bond donors (Lipinski definition) is 0. The molecule has 15 heavy (non-hydrogen) atoms. The number of esters is 1. The van der Waals surface area contributed by atoms with Crippen molar-refractivity contribution in [3.05, 3.63) is 15.1 Å². The Bertz CT molecular complexity index is 368. The molecule has 0 bridgehead atoms. The lowest BCUT2D eigenvalue weighted by Gasteiger charge is -2.19. The maximum Gasteiger partial charge on any atom is 0.353 e. The quantitative estimate of drug-likeness (QED) is 0.624. The van der Waals surface area contributed by atoms with Crippen LogP contribution in [0.2, 0.25) is 10.2 Å². The van der Waals surface area contributed by atoms with Crippen molar-refractivity contribution in [2.45, 2.75) is 13.2 Å². The van der Waals surface area contributed by atoms with Crippen LogP contribution in [-0.2, 0) is 4.74 Å². The van der Waals surface area contributed by atoms with Gasteiger partial charge in [0.25, 0.3) is 0 Å². The second-order valence-electron chi connectivity index (χ2n) is 3.08. The first kappa shape index (κ1) is 12.7. The third-order valence-corrected chi connectivity index (χ3v) is 3.57. The number of rotatable bonds is 3. The molecule has 84 valence electrons. The minimum atomic E-state index is -0.509. The van der Waals surface area contributed by atoms with Crippen LogP contribution in [0.5, 0.6) is 0 Å². The predicted molar refractivity (Wildman–Crippen MR) is 60.7 cm³/mol. The van der Waals surface area contributed by atoms with Gasteiger partial charge in [0.15, 0.2) is 16.3 Å². The van der Waals surface area contributed by atoms with Crippen LogP contribution in [0.15, 0.2) is 0 Å². The first-order valence-electron chi connectivity index (χ1n) is 4.11. The molecule has 0 radical (unpaired) electrons.